The van der Waals surface area contributed by atoms with Crippen LogP contribution >= 0.6 is 0 Å². The van der Waals surface area contributed by atoms with E-state index in [1.54, 1.807) is 12.1 Å². The van der Waals surface area contributed by atoms with Gasteiger partial charge in [0.15, 0.2) is 0 Å². The normalized spacial score (nSPS) is 10.1. The molecule has 0 saturated carbocycles. The van der Waals surface area contributed by atoms with Crippen molar-refractivity contribution >= 4 is 11.4 Å². The maximum Gasteiger partial charge on any atom is 0.296 e. The molecular formula is C14H14N2O5. The van der Waals surface area contributed by atoms with Crippen molar-refractivity contribution in [3.05, 3.63) is 52.1 Å². The first-order valence-corrected chi connectivity index (χ1v) is 6.08. The highest BCUT2D eigenvalue weighted by Gasteiger charge is 2.15. The Balaban J connectivity index is 2.22. The smallest absolute Gasteiger partial charge is 0.296 e. The molecule has 7 heteroatoms. The third-order valence-electron chi connectivity index (χ3n) is 2.93. The maximum atomic E-state index is 10.9. The molecule has 21 heavy (non-hydrogen) atoms. The fourth-order valence-corrected chi connectivity index (χ4v) is 1.84. The van der Waals surface area contributed by atoms with E-state index in [4.69, 9.17) is 4.74 Å². The maximum absolute atomic E-state index is 10.9. The summed E-state index contributed by atoms with van der Waals surface area (Å²) in [6.07, 6.45) is 0. The minimum atomic E-state index is -0.590. The van der Waals surface area contributed by atoms with Crippen LogP contribution in [0.4, 0.5) is 11.4 Å². The average Bonchev–Trinajstić information content (AvgIpc) is 2.47. The fraction of sp³-hybridized carbons (Fsp3) is 0.143. The Hall–Kier alpha value is -2.96. The second-order valence-electron chi connectivity index (χ2n) is 4.31. The van der Waals surface area contributed by atoms with Crippen LogP contribution in [-0.4, -0.2) is 22.2 Å². The van der Waals surface area contributed by atoms with Crippen LogP contribution in [0.1, 0.15) is 5.56 Å². The summed E-state index contributed by atoms with van der Waals surface area (Å²) >= 11 is 0. The van der Waals surface area contributed by atoms with Crippen LogP contribution in [0.3, 0.4) is 0 Å². The molecule has 0 radical (unpaired) electrons. The predicted octanol–water partition coefficient (Wildman–Crippen LogP) is 2.63. The molecule has 2 aromatic carbocycles. The zero-order valence-electron chi connectivity index (χ0n) is 11.2. The van der Waals surface area contributed by atoms with Gasteiger partial charge in [0.25, 0.3) is 5.69 Å². The number of nitro groups is 1. The molecule has 0 unspecified atom stereocenters. The van der Waals surface area contributed by atoms with Crippen LogP contribution < -0.4 is 10.1 Å². The van der Waals surface area contributed by atoms with Gasteiger partial charge in [0.1, 0.15) is 22.9 Å². The molecule has 0 aliphatic rings. The van der Waals surface area contributed by atoms with Gasteiger partial charge in [-0.3, -0.25) is 10.1 Å². The van der Waals surface area contributed by atoms with Crippen molar-refractivity contribution in [2.75, 3.05) is 12.4 Å². The molecule has 0 heterocycles. The minimum Gasteiger partial charge on any atom is -0.508 e. The summed E-state index contributed by atoms with van der Waals surface area (Å²) in [7, 11) is 1.51. The summed E-state index contributed by atoms with van der Waals surface area (Å²) in [5.74, 6) is 0.450. The molecule has 0 aliphatic heterocycles. The Morgan fingerprint density at radius 2 is 2.00 bits per heavy atom. The monoisotopic (exact) mass is 290 g/mol. The number of hydrogen-bond donors (Lipinski definition) is 3. The number of phenolic OH excluding ortho intramolecular Hbond substituents is 2. The minimum absolute atomic E-state index is 0.0599. The lowest BCUT2D eigenvalue weighted by molar-refractivity contribution is -0.384. The molecule has 0 aliphatic carbocycles. The molecule has 2 aromatic rings. The van der Waals surface area contributed by atoms with Crippen LogP contribution in [0.25, 0.3) is 0 Å². The van der Waals surface area contributed by atoms with Gasteiger partial charge < -0.3 is 20.3 Å². The number of benzene rings is 2. The molecule has 3 N–H and O–H groups in total. The van der Waals surface area contributed by atoms with Crippen molar-refractivity contribution in [1.82, 2.24) is 0 Å². The van der Waals surface area contributed by atoms with Gasteiger partial charge in [-0.25, -0.2) is 0 Å². The number of phenols is 2. The molecule has 7 nitrogen and oxygen atoms in total. The first-order valence-electron chi connectivity index (χ1n) is 6.08. The van der Waals surface area contributed by atoms with Crippen molar-refractivity contribution in [3.8, 4) is 17.2 Å². The molecule has 110 valence electrons. The van der Waals surface area contributed by atoms with E-state index in [-0.39, 0.29) is 29.4 Å². The van der Waals surface area contributed by atoms with Gasteiger partial charge in [-0.15, -0.1) is 0 Å². The highest BCUT2D eigenvalue weighted by Crippen LogP contribution is 2.30. The molecule has 0 spiro atoms. The van der Waals surface area contributed by atoms with Crippen LogP contribution in [0.2, 0.25) is 0 Å². The summed E-state index contributed by atoms with van der Waals surface area (Å²) in [5, 5.41) is 32.9. The van der Waals surface area contributed by atoms with Crippen molar-refractivity contribution in [3.63, 3.8) is 0 Å². The van der Waals surface area contributed by atoms with Gasteiger partial charge in [0.05, 0.1) is 18.1 Å². The second kappa shape index (κ2) is 6.00. The van der Waals surface area contributed by atoms with E-state index in [0.717, 1.165) is 6.07 Å². The first kappa shape index (κ1) is 14.4. The lowest BCUT2D eigenvalue weighted by Crippen LogP contribution is -2.03. The number of nitro benzene ring substituents is 1. The second-order valence-corrected chi connectivity index (χ2v) is 4.31. The number of nitrogens with zero attached hydrogens (tertiary/aromatic N) is 1. The van der Waals surface area contributed by atoms with E-state index >= 15 is 0 Å². The predicted molar refractivity (Wildman–Crippen MR) is 76.7 cm³/mol. The lowest BCUT2D eigenvalue weighted by atomic mass is 10.1. The van der Waals surface area contributed by atoms with Crippen LogP contribution in [0.5, 0.6) is 17.2 Å². The van der Waals surface area contributed by atoms with Gasteiger partial charge in [0.2, 0.25) is 0 Å². The molecule has 0 aromatic heterocycles. The van der Waals surface area contributed by atoms with Gasteiger partial charge in [-0.1, -0.05) is 0 Å². The number of anilines is 1. The van der Waals surface area contributed by atoms with E-state index in [0.29, 0.717) is 11.3 Å². The van der Waals surface area contributed by atoms with Crippen LogP contribution in [0, 0.1) is 10.1 Å². The van der Waals surface area contributed by atoms with Crippen molar-refractivity contribution in [2.24, 2.45) is 0 Å². The van der Waals surface area contributed by atoms with E-state index in [1.165, 1.54) is 25.3 Å². The van der Waals surface area contributed by atoms with Crippen molar-refractivity contribution in [1.29, 1.82) is 0 Å². The zero-order valence-corrected chi connectivity index (χ0v) is 11.2. The molecule has 0 atom stereocenters. The average molecular weight is 290 g/mol. The highest BCUT2D eigenvalue weighted by atomic mass is 16.6. The number of hydrogen-bond acceptors (Lipinski definition) is 6. The van der Waals surface area contributed by atoms with Crippen molar-refractivity contribution < 1.29 is 19.9 Å². The number of aromatic hydroxyl groups is 2. The third-order valence-corrected chi connectivity index (χ3v) is 2.93. The highest BCUT2D eigenvalue weighted by molar-refractivity contribution is 5.64. The molecular weight excluding hydrogens is 276 g/mol. The van der Waals surface area contributed by atoms with Crippen molar-refractivity contribution in [2.45, 2.75) is 6.54 Å². The number of nitrogens with one attached hydrogen (secondary N) is 1. The van der Waals surface area contributed by atoms with E-state index in [1.807, 2.05) is 0 Å². The summed E-state index contributed by atoms with van der Waals surface area (Å²) in [6.45, 7) is 0.175. The number of rotatable bonds is 5. The Bertz CT molecular complexity index is 672. The summed E-state index contributed by atoms with van der Waals surface area (Å²) in [6, 6.07) is 8.55. The summed E-state index contributed by atoms with van der Waals surface area (Å²) in [5.41, 5.74) is 0.550. The SMILES string of the molecule is COc1ccc(O)c(CNc2ccc(O)cc2[N+](=O)[O-])c1. The largest absolute Gasteiger partial charge is 0.508 e. The Labute approximate surface area is 120 Å². The van der Waals surface area contributed by atoms with Gasteiger partial charge in [-0.2, -0.15) is 0 Å². The molecule has 0 bridgehead atoms. The first-order chi connectivity index (χ1) is 10.0. The number of ether oxygens (including phenoxy) is 1. The van der Waals surface area contributed by atoms with Gasteiger partial charge in [-0.05, 0) is 30.3 Å². The van der Waals surface area contributed by atoms with Gasteiger partial charge >= 0.3 is 0 Å². The van der Waals surface area contributed by atoms with Crippen LogP contribution in [-0.2, 0) is 6.54 Å². The fourth-order valence-electron chi connectivity index (χ4n) is 1.84. The lowest BCUT2D eigenvalue weighted by Gasteiger charge is -2.10. The summed E-state index contributed by atoms with van der Waals surface area (Å²) < 4.78 is 5.06. The van der Waals surface area contributed by atoms with Crippen LogP contribution in [0.15, 0.2) is 36.4 Å². The Morgan fingerprint density at radius 3 is 2.67 bits per heavy atom. The quantitative estimate of drug-likeness (QED) is 0.444. The zero-order chi connectivity index (χ0) is 15.4. The molecule has 0 amide bonds. The van der Waals surface area contributed by atoms with E-state index < -0.39 is 4.92 Å². The molecule has 0 saturated heterocycles. The van der Waals surface area contributed by atoms with Gasteiger partial charge in [0, 0.05) is 12.1 Å². The Kier molecular flexibility index (Phi) is 4.13. The molecule has 0 fully saturated rings. The third kappa shape index (κ3) is 3.33. The van der Waals surface area contributed by atoms with E-state index in [9.17, 15) is 20.3 Å². The standard InChI is InChI=1S/C14H14N2O5/c1-21-11-3-5-14(18)9(6-11)8-15-12-4-2-10(17)7-13(12)16(19)20/h2-7,15,17-18H,8H2,1H3. The topological polar surface area (TPSA) is 105 Å². The number of methoxy groups -OCH3 is 1. The van der Waals surface area contributed by atoms with E-state index in [2.05, 4.69) is 5.32 Å². The Morgan fingerprint density at radius 1 is 1.24 bits per heavy atom. The molecule has 2 rings (SSSR count). The summed E-state index contributed by atoms with van der Waals surface area (Å²) in [4.78, 5) is 10.3.